The molecule has 1 atom stereocenters. The molecule has 2 aliphatic heterocycles. The van der Waals surface area contributed by atoms with E-state index in [1.165, 1.54) is 18.5 Å². The standard InChI is InChI=1S/C27H29ClFN5O3S/c1-2-37-27(36)17-5-3-10-33(14-17)11-4-6-23(35)34-12-9-19-22(15-34)38-26-24(19)25(30-16-31-26)32-18-7-8-21(29)20(28)13-18/h4,6-8,13,16-17H,2-3,5,9-12,14-15H2,1H3,(H,30,31,32)/b6-4+. The summed E-state index contributed by atoms with van der Waals surface area (Å²) in [7, 11) is 0. The number of rotatable bonds is 7. The molecule has 0 radical (unpaired) electrons. The number of carbonyl (C=O) groups is 2. The lowest BCUT2D eigenvalue weighted by Crippen LogP contribution is -2.39. The number of nitrogens with zero attached hydrogens (tertiary/aromatic N) is 4. The van der Waals surface area contributed by atoms with Crippen molar-refractivity contribution in [3.63, 3.8) is 0 Å². The van der Waals surface area contributed by atoms with Crippen LogP contribution in [0.2, 0.25) is 5.02 Å². The van der Waals surface area contributed by atoms with E-state index >= 15 is 0 Å². The van der Waals surface area contributed by atoms with Crippen molar-refractivity contribution in [3.05, 3.63) is 58.0 Å². The van der Waals surface area contributed by atoms with Gasteiger partial charge in [-0.15, -0.1) is 11.3 Å². The zero-order chi connectivity index (χ0) is 26.6. The summed E-state index contributed by atoms with van der Waals surface area (Å²) in [6.07, 6.45) is 7.50. The SMILES string of the molecule is CCOC(=O)C1CCCN(C/C=C/C(=O)N2CCc3c(sc4ncnc(Nc5ccc(F)c(Cl)c5)c34)C2)C1. The molecule has 1 unspecified atom stereocenters. The first-order valence-corrected chi connectivity index (χ1v) is 13.9. The monoisotopic (exact) mass is 557 g/mol. The van der Waals surface area contributed by atoms with Crippen molar-refractivity contribution in [1.29, 1.82) is 0 Å². The van der Waals surface area contributed by atoms with Gasteiger partial charge in [0.2, 0.25) is 5.91 Å². The number of halogens is 2. The van der Waals surface area contributed by atoms with Crippen molar-refractivity contribution < 1.29 is 18.7 Å². The van der Waals surface area contributed by atoms with Crippen LogP contribution in [0.15, 0.2) is 36.7 Å². The first-order chi connectivity index (χ1) is 18.4. The molecule has 2 aromatic heterocycles. The number of likely N-dealkylation sites (tertiary alicyclic amines) is 1. The maximum atomic E-state index is 13.6. The second-order valence-corrected chi connectivity index (χ2v) is 10.9. The third-order valence-electron chi connectivity index (χ3n) is 6.88. The number of ether oxygens (including phenoxy) is 1. The number of piperidine rings is 1. The Morgan fingerprint density at radius 3 is 3.00 bits per heavy atom. The van der Waals surface area contributed by atoms with Gasteiger partial charge in [-0.05, 0) is 56.5 Å². The molecule has 0 spiro atoms. The third-order valence-corrected chi connectivity index (χ3v) is 8.29. The molecule has 38 heavy (non-hydrogen) atoms. The molecule has 5 rings (SSSR count). The third kappa shape index (κ3) is 5.82. The maximum absolute atomic E-state index is 13.6. The van der Waals surface area contributed by atoms with Gasteiger partial charge in [-0.3, -0.25) is 14.5 Å². The van der Waals surface area contributed by atoms with Gasteiger partial charge in [-0.2, -0.15) is 0 Å². The quantitative estimate of drug-likeness (QED) is 0.325. The molecule has 1 amide bonds. The van der Waals surface area contributed by atoms with Crippen LogP contribution in [0.1, 0.15) is 30.2 Å². The minimum Gasteiger partial charge on any atom is -0.466 e. The first-order valence-electron chi connectivity index (χ1n) is 12.7. The van der Waals surface area contributed by atoms with Crippen molar-refractivity contribution in [3.8, 4) is 0 Å². The highest BCUT2D eigenvalue weighted by Gasteiger charge is 2.27. The summed E-state index contributed by atoms with van der Waals surface area (Å²) in [4.78, 5) is 39.9. The molecule has 200 valence electrons. The van der Waals surface area contributed by atoms with Crippen LogP contribution in [-0.2, 0) is 27.3 Å². The van der Waals surface area contributed by atoms with Crippen LogP contribution in [0.5, 0.6) is 0 Å². The Bertz CT molecular complexity index is 1380. The Labute approximate surface area is 229 Å². The van der Waals surface area contributed by atoms with E-state index in [4.69, 9.17) is 16.3 Å². The number of carbonyl (C=O) groups excluding carboxylic acids is 2. The predicted octanol–water partition coefficient (Wildman–Crippen LogP) is 4.94. The second-order valence-electron chi connectivity index (χ2n) is 9.42. The van der Waals surface area contributed by atoms with Crippen molar-refractivity contribution in [2.45, 2.75) is 32.7 Å². The van der Waals surface area contributed by atoms with Crippen molar-refractivity contribution in [1.82, 2.24) is 19.8 Å². The Hall–Kier alpha value is -3.08. The Kier molecular flexibility index (Phi) is 8.21. The molecule has 1 aromatic carbocycles. The number of benzene rings is 1. The molecule has 0 bridgehead atoms. The van der Waals surface area contributed by atoms with Gasteiger partial charge in [-0.25, -0.2) is 14.4 Å². The molecular formula is C27H29ClFN5O3S. The zero-order valence-electron chi connectivity index (χ0n) is 21.1. The van der Waals surface area contributed by atoms with E-state index in [1.54, 1.807) is 23.5 Å². The van der Waals surface area contributed by atoms with Gasteiger partial charge in [0.25, 0.3) is 0 Å². The largest absolute Gasteiger partial charge is 0.466 e. The van der Waals surface area contributed by atoms with E-state index in [-0.39, 0.29) is 22.8 Å². The van der Waals surface area contributed by atoms with Crippen LogP contribution in [0, 0.1) is 11.7 Å². The summed E-state index contributed by atoms with van der Waals surface area (Å²) in [5.41, 5.74) is 1.77. The number of fused-ring (bicyclic) bond motifs is 3. The second kappa shape index (κ2) is 11.8. The highest BCUT2D eigenvalue weighted by atomic mass is 35.5. The molecule has 1 N–H and O–H groups in total. The van der Waals surface area contributed by atoms with Gasteiger partial charge >= 0.3 is 5.97 Å². The fraction of sp³-hybridized carbons (Fsp3) is 0.407. The number of nitrogens with one attached hydrogen (secondary N) is 1. The molecular weight excluding hydrogens is 529 g/mol. The Morgan fingerprint density at radius 1 is 1.32 bits per heavy atom. The number of hydrogen-bond acceptors (Lipinski definition) is 8. The fourth-order valence-electron chi connectivity index (χ4n) is 5.00. The van der Waals surface area contributed by atoms with Gasteiger partial charge in [0.15, 0.2) is 0 Å². The molecule has 0 saturated carbocycles. The summed E-state index contributed by atoms with van der Waals surface area (Å²) in [6.45, 7) is 5.51. The van der Waals surface area contributed by atoms with Crippen molar-refractivity contribution >= 4 is 56.5 Å². The number of aromatic nitrogens is 2. The topological polar surface area (TPSA) is 87.7 Å². The zero-order valence-corrected chi connectivity index (χ0v) is 22.7. The van der Waals surface area contributed by atoms with Crippen LogP contribution in [0.25, 0.3) is 10.2 Å². The molecule has 11 heteroatoms. The Morgan fingerprint density at radius 2 is 2.18 bits per heavy atom. The molecule has 8 nitrogen and oxygen atoms in total. The number of esters is 1. The average Bonchev–Trinajstić information content (AvgIpc) is 3.30. The normalized spacial score (nSPS) is 18.1. The Balaban J connectivity index is 1.23. The van der Waals surface area contributed by atoms with E-state index in [0.29, 0.717) is 50.7 Å². The number of anilines is 2. The smallest absolute Gasteiger partial charge is 0.310 e. The van der Waals surface area contributed by atoms with Gasteiger partial charge in [0.05, 0.1) is 29.5 Å². The maximum Gasteiger partial charge on any atom is 0.310 e. The summed E-state index contributed by atoms with van der Waals surface area (Å²) >= 11 is 7.50. The predicted molar refractivity (Wildman–Crippen MR) is 146 cm³/mol. The van der Waals surface area contributed by atoms with E-state index < -0.39 is 5.82 Å². The molecule has 0 aliphatic carbocycles. The van der Waals surface area contributed by atoms with Crippen LogP contribution in [0.4, 0.5) is 15.9 Å². The lowest BCUT2D eigenvalue weighted by Gasteiger charge is -2.30. The summed E-state index contributed by atoms with van der Waals surface area (Å²) in [6, 6.07) is 4.45. The lowest BCUT2D eigenvalue weighted by molar-refractivity contribution is -0.149. The summed E-state index contributed by atoms with van der Waals surface area (Å²) in [5.74, 6) is -0.0958. The van der Waals surface area contributed by atoms with E-state index in [1.807, 2.05) is 17.9 Å². The molecule has 3 aromatic rings. The lowest BCUT2D eigenvalue weighted by atomic mass is 9.98. The van der Waals surface area contributed by atoms with E-state index in [9.17, 15) is 14.0 Å². The highest BCUT2D eigenvalue weighted by Crippen LogP contribution is 2.38. The van der Waals surface area contributed by atoms with E-state index in [2.05, 4.69) is 20.2 Å². The van der Waals surface area contributed by atoms with Crippen LogP contribution in [0.3, 0.4) is 0 Å². The number of hydrogen-bond donors (Lipinski definition) is 1. The van der Waals surface area contributed by atoms with Crippen LogP contribution < -0.4 is 5.32 Å². The number of amides is 1. The molecule has 1 saturated heterocycles. The first kappa shape index (κ1) is 26.5. The molecule has 2 aliphatic rings. The molecule has 1 fully saturated rings. The van der Waals surface area contributed by atoms with Gasteiger partial charge in [0, 0.05) is 36.3 Å². The van der Waals surface area contributed by atoms with Gasteiger partial charge in [0.1, 0.15) is 22.8 Å². The van der Waals surface area contributed by atoms with Crippen LogP contribution >= 0.6 is 22.9 Å². The summed E-state index contributed by atoms with van der Waals surface area (Å²) < 4.78 is 18.7. The highest BCUT2D eigenvalue weighted by molar-refractivity contribution is 7.19. The van der Waals surface area contributed by atoms with Crippen LogP contribution in [-0.4, -0.2) is 64.4 Å². The molecule has 4 heterocycles. The minimum atomic E-state index is -0.478. The fourth-order valence-corrected chi connectivity index (χ4v) is 6.39. The van der Waals surface area contributed by atoms with E-state index in [0.717, 1.165) is 40.0 Å². The van der Waals surface area contributed by atoms with Gasteiger partial charge < -0.3 is 15.0 Å². The van der Waals surface area contributed by atoms with Crippen molar-refractivity contribution in [2.75, 3.05) is 38.1 Å². The average molecular weight is 558 g/mol. The summed E-state index contributed by atoms with van der Waals surface area (Å²) in [5, 5.41) is 4.20. The van der Waals surface area contributed by atoms with Crippen molar-refractivity contribution in [2.24, 2.45) is 5.92 Å². The minimum absolute atomic E-state index is 0.0301. The number of thiophene rings is 1. The van der Waals surface area contributed by atoms with Gasteiger partial charge in [-0.1, -0.05) is 17.7 Å².